The Morgan fingerprint density at radius 3 is 2.85 bits per heavy atom. The lowest BCUT2D eigenvalue weighted by molar-refractivity contribution is 0.178. The Bertz CT molecular complexity index is 126. The molecule has 0 aromatic carbocycles. The molecule has 1 unspecified atom stereocenters. The summed E-state index contributed by atoms with van der Waals surface area (Å²) in [5, 5.41) is 3.36. The summed E-state index contributed by atoms with van der Waals surface area (Å²) in [6.07, 6.45) is 5.63. The van der Waals surface area contributed by atoms with Crippen LogP contribution in [0.3, 0.4) is 0 Å². The summed E-state index contributed by atoms with van der Waals surface area (Å²) in [6, 6.07) is 0.145. The molecule has 1 rings (SSSR count). The van der Waals surface area contributed by atoms with E-state index in [1.807, 2.05) is 0 Å². The summed E-state index contributed by atoms with van der Waals surface area (Å²) >= 11 is 0. The van der Waals surface area contributed by atoms with E-state index >= 15 is 0 Å². The lowest BCUT2D eigenvalue weighted by Gasteiger charge is -2.25. The second kappa shape index (κ2) is 6.35. The maximum Gasteiger partial charge on any atom is 0.0626 e. The van der Waals surface area contributed by atoms with Crippen molar-refractivity contribution >= 4 is 0 Å². The minimum absolute atomic E-state index is 0.145. The molecule has 3 N–H and O–H groups in total. The second-order valence-electron chi connectivity index (χ2n) is 4.01. The third-order valence-corrected chi connectivity index (χ3v) is 2.74. The first kappa shape index (κ1) is 11.0. The van der Waals surface area contributed by atoms with Crippen molar-refractivity contribution in [1.29, 1.82) is 0 Å². The Morgan fingerprint density at radius 1 is 1.54 bits per heavy atom. The van der Waals surface area contributed by atoms with E-state index in [9.17, 15) is 0 Å². The molecule has 13 heavy (non-hydrogen) atoms. The Kier molecular flexibility index (Phi) is 5.35. The van der Waals surface area contributed by atoms with Gasteiger partial charge in [-0.3, -0.25) is 0 Å². The molecule has 0 spiro atoms. The predicted molar refractivity (Wildman–Crippen MR) is 54.7 cm³/mol. The molecule has 0 amide bonds. The highest BCUT2D eigenvalue weighted by molar-refractivity contribution is 4.71. The van der Waals surface area contributed by atoms with Crippen LogP contribution in [0.2, 0.25) is 0 Å². The molecule has 1 fully saturated rings. The van der Waals surface area contributed by atoms with Gasteiger partial charge in [-0.2, -0.15) is 0 Å². The average Bonchev–Trinajstić information content (AvgIpc) is 2.01. The normalized spacial score (nSPS) is 19.8. The zero-order valence-corrected chi connectivity index (χ0v) is 8.59. The maximum absolute atomic E-state index is 5.76. The van der Waals surface area contributed by atoms with E-state index in [0.717, 1.165) is 19.0 Å². The highest BCUT2D eigenvalue weighted by atomic mass is 16.5. The molecule has 3 heteroatoms. The summed E-state index contributed by atoms with van der Waals surface area (Å²) in [5.41, 5.74) is 5.76. The molecule has 0 heterocycles. The third-order valence-electron chi connectivity index (χ3n) is 2.74. The number of methoxy groups -OCH3 is 1. The number of nitrogens with one attached hydrogen (secondary N) is 1. The minimum atomic E-state index is 0.145. The van der Waals surface area contributed by atoms with Crippen molar-refractivity contribution in [3.8, 4) is 0 Å². The summed E-state index contributed by atoms with van der Waals surface area (Å²) in [4.78, 5) is 0. The van der Waals surface area contributed by atoms with Crippen molar-refractivity contribution in [3.63, 3.8) is 0 Å². The van der Waals surface area contributed by atoms with E-state index in [1.54, 1.807) is 7.11 Å². The fraction of sp³-hybridized carbons (Fsp3) is 1.00. The first-order chi connectivity index (χ1) is 6.33. The smallest absolute Gasteiger partial charge is 0.0626 e. The van der Waals surface area contributed by atoms with Gasteiger partial charge in [-0.25, -0.2) is 0 Å². The van der Waals surface area contributed by atoms with Gasteiger partial charge in [0, 0.05) is 19.7 Å². The van der Waals surface area contributed by atoms with Crippen LogP contribution in [-0.4, -0.2) is 32.8 Å². The molecular formula is C10H22N2O. The zero-order chi connectivity index (χ0) is 9.52. The molecule has 0 radical (unpaired) electrons. The molecule has 1 aliphatic rings. The van der Waals surface area contributed by atoms with Crippen LogP contribution in [-0.2, 0) is 4.74 Å². The van der Waals surface area contributed by atoms with E-state index < -0.39 is 0 Å². The molecular weight excluding hydrogens is 164 g/mol. The van der Waals surface area contributed by atoms with Gasteiger partial charge >= 0.3 is 0 Å². The molecule has 0 aliphatic heterocycles. The van der Waals surface area contributed by atoms with Gasteiger partial charge in [0.15, 0.2) is 0 Å². The monoisotopic (exact) mass is 186 g/mol. The van der Waals surface area contributed by atoms with Crippen LogP contribution in [0.4, 0.5) is 0 Å². The first-order valence-electron chi connectivity index (χ1n) is 5.28. The Morgan fingerprint density at radius 2 is 2.31 bits per heavy atom. The summed E-state index contributed by atoms with van der Waals surface area (Å²) in [6.45, 7) is 2.64. The van der Waals surface area contributed by atoms with Crippen molar-refractivity contribution in [2.75, 3.05) is 26.8 Å². The van der Waals surface area contributed by atoms with Gasteiger partial charge in [0.1, 0.15) is 0 Å². The second-order valence-corrected chi connectivity index (χ2v) is 4.01. The van der Waals surface area contributed by atoms with Crippen molar-refractivity contribution in [2.45, 2.75) is 31.7 Å². The van der Waals surface area contributed by atoms with E-state index in [-0.39, 0.29) is 6.04 Å². The van der Waals surface area contributed by atoms with E-state index in [1.165, 1.54) is 25.7 Å². The minimum Gasteiger partial charge on any atom is -0.383 e. The van der Waals surface area contributed by atoms with Gasteiger partial charge in [-0.15, -0.1) is 0 Å². The highest BCUT2D eigenvalue weighted by Gasteiger charge is 2.16. The largest absolute Gasteiger partial charge is 0.383 e. The first-order valence-corrected chi connectivity index (χ1v) is 5.28. The SMILES string of the molecule is COCC(N)CNCCC1CCC1. The van der Waals surface area contributed by atoms with E-state index in [4.69, 9.17) is 10.5 Å². The van der Waals surface area contributed by atoms with Crippen LogP contribution >= 0.6 is 0 Å². The zero-order valence-electron chi connectivity index (χ0n) is 8.59. The Hall–Kier alpha value is -0.120. The Balaban J connectivity index is 1.82. The molecule has 0 aromatic rings. The number of hydrogen-bond acceptors (Lipinski definition) is 3. The fourth-order valence-electron chi connectivity index (χ4n) is 1.65. The van der Waals surface area contributed by atoms with Crippen LogP contribution < -0.4 is 11.1 Å². The molecule has 78 valence electrons. The summed E-state index contributed by atoms with van der Waals surface area (Å²) < 4.78 is 4.95. The standard InChI is InChI=1S/C10H22N2O/c1-13-8-10(11)7-12-6-5-9-3-2-4-9/h9-10,12H,2-8,11H2,1H3. The molecule has 3 nitrogen and oxygen atoms in total. The quantitative estimate of drug-likeness (QED) is 0.577. The number of hydrogen-bond donors (Lipinski definition) is 2. The lowest BCUT2D eigenvalue weighted by Crippen LogP contribution is -2.38. The van der Waals surface area contributed by atoms with E-state index in [2.05, 4.69) is 5.32 Å². The van der Waals surface area contributed by atoms with Crippen LogP contribution in [0.1, 0.15) is 25.7 Å². The molecule has 0 saturated heterocycles. The topological polar surface area (TPSA) is 47.3 Å². The lowest BCUT2D eigenvalue weighted by atomic mass is 9.83. The van der Waals surface area contributed by atoms with Gasteiger partial charge < -0.3 is 15.8 Å². The number of nitrogens with two attached hydrogens (primary N) is 1. The van der Waals surface area contributed by atoms with Crippen molar-refractivity contribution in [1.82, 2.24) is 5.32 Å². The summed E-state index contributed by atoms with van der Waals surface area (Å²) in [5.74, 6) is 0.992. The molecule has 0 bridgehead atoms. The predicted octanol–water partition coefficient (Wildman–Crippen LogP) is 0.740. The molecule has 1 saturated carbocycles. The number of ether oxygens (including phenoxy) is 1. The molecule has 1 aliphatic carbocycles. The van der Waals surface area contributed by atoms with Gasteiger partial charge in [0.2, 0.25) is 0 Å². The van der Waals surface area contributed by atoms with Crippen LogP contribution in [0.15, 0.2) is 0 Å². The van der Waals surface area contributed by atoms with E-state index in [0.29, 0.717) is 6.61 Å². The van der Waals surface area contributed by atoms with Gasteiger partial charge in [0.05, 0.1) is 6.61 Å². The highest BCUT2D eigenvalue weighted by Crippen LogP contribution is 2.28. The number of rotatable bonds is 7. The summed E-state index contributed by atoms with van der Waals surface area (Å²) in [7, 11) is 1.69. The molecule has 0 aromatic heterocycles. The van der Waals surface area contributed by atoms with Gasteiger partial charge in [-0.05, 0) is 18.9 Å². The molecule has 1 atom stereocenters. The maximum atomic E-state index is 5.76. The van der Waals surface area contributed by atoms with Crippen LogP contribution in [0.5, 0.6) is 0 Å². The Labute approximate surface area is 81.0 Å². The van der Waals surface area contributed by atoms with Gasteiger partial charge in [0.25, 0.3) is 0 Å². The van der Waals surface area contributed by atoms with Gasteiger partial charge in [-0.1, -0.05) is 19.3 Å². The van der Waals surface area contributed by atoms with Crippen LogP contribution in [0.25, 0.3) is 0 Å². The fourth-order valence-corrected chi connectivity index (χ4v) is 1.65. The van der Waals surface area contributed by atoms with Crippen molar-refractivity contribution in [2.24, 2.45) is 11.7 Å². The third kappa shape index (κ3) is 4.60. The van der Waals surface area contributed by atoms with Crippen molar-refractivity contribution < 1.29 is 4.74 Å². The average molecular weight is 186 g/mol. The van der Waals surface area contributed by atoms with Crippen molar-refractivity contribution in [3.05, 3.63) is 0 Å². The van der Waals surface area contributed by atoms with Crippen LogP contribution in [0, 0.1) is 5.92 Å².